The lowest BCUT2D eigenvalue weighted by Gasteiger charge is -2.51. The van der Waals surface area contributed by atoms with Gasteiger partial charge >= 0.3 is 0 Å². The predicted molar refractivity (Wildman–Crippen MR) is 107 cm³/mol. The molecule has 5 heteroatoms. The highest BCUT2D eigenvalue weighted by atomic mass is 19.1. The van der Waals surface area contributed by atoms with Gasteiger partial charge in [-0.1, -0.05) is 60.7 Å². The highest BCUT2D eigenvalue weighted by molar-refractivity contribution is 6.24. The van der Waals surface area contributed by atoms with Gasteiger partial charge in [0.25, 0.3) is 0 Å². The van der Waals surface area contributed by atoms with Crippen LogP contribution in [-0.2, 0) is 19.8 Å². The minimum absolute atomic E-state index is 0.0598. The molecule has 0 spiro atoms. The smallest absolute Gasteiger partial charge is 0.239 e. The zero-order valence-electron chi connectivity index (χ0n) is 15.8. The third-order valence-corrected chi connectivity index (χ3v) is 6.96. The van der Waals surface area contributed by atoms with Crippen LogP contribution < -0.4 is 4.90 Å². The van der Waals surface area contributed by atoms with Crippen LogP contribution >= 0.6 is 0 Å². The molecule has 3 aromatic carbocycles. The number of hydrogen-bond acceptors (Lipinski definition) is 3. The van der Waals surface area contributed by atoms with Gasteiger partial charge in [-0.2, -0.15) is 0 Å². The van der Waals surface area contributed by atoms with Gasteiger partial charge in [0.2, 0.25) is 11.8 Å². The number of aldehydes is 1. The fourth-order valence-corrected chi connectivity index (χ4v) is 5.90. The fourth-order valence-electron chi connectivity index (χ4n) is 5.90. The third-order valence-electron chi connectivity index (χ3n) is 6.96. The highest BCUT2D eigenvalue weighted by Gasteiger charge is 2.68. The minimum Gasteiger partial charge on any atom is -0.302 e. The molecule has 2 amide bonds. The van der Waals surface area contributed by atoms with Gasteiger partial charge < -0.3 is 4.79 Å². The van der Waals surface area contributed by atoms with Crippen molar-refractivity contribution in [2.24, 2.45) is 11.8 Å². The maximum absolute atomic E-state index is 14.6. The number of para-hydroxylation sites is 1. The number of amides is 2. The lowest BCUT2D eigenvalue weighted by Crippen LogP contribution is -2.54. The molecule has 0 aromatic heterocycles. The number of anilines is 1. The molecule has 7 rings (SSSR count). The number of benzene rings is 3. The van der Waals surface area contributed by atoms with Gasteiger partial charge in [0.1, 0.15) is 12.1 Å². The second-order valence-electron chi connectivity index (χ2n) is 8.11. The number of carbonyl (C=O) groups is 3. The lowest BCUT2D eigenvalue weighted by molar-refractivity contribution is -0.128. The third kappa shape index (κ3) is 1.79. The molecule has 0 radical (unpaired) electrons. The van der Waals surface area contributed by atoms with E-state index in [0.29, 0.717) is 0 Å². The molecule has 3 aromatic rings. The number of carbonyl (C=O) groups excluding carboxylic acids is 3. The average molecular weight is 397 g/mol. The van der Waals surface area contributed by atoms with E-state index in [9.17, 15) is 18.8 Å². The van der Waals surface area contributed by atoms with E-state index in [1.165, 1.54) is 18.2 Å². The van der Waals surface area contributed by atoms with Gasteiger partial charge in [-0.05, 0) is 34.4 Å². The fraction of sp³-hybridized carbons (Fsp3) is 0.160. The Morgan fingerprint density at radius 1 is 0.800 bits per heavy atom. The van der Waals surface area contributed by atoms with Crippen LogP contribution in [0, 0.1) is 17.7 Å². The standard InChI is InChI=1S/C25H16FNO3/c26-18-11-5-6-12-19(18)27-23(29)21-20-14-7-1-3-9-16(14)25(13-28,22(21)24(27)30)17-10-4-2-8-15(17)20/h1-13,20-22H/t20?,21-,22-,25?/m0/s1. The quantitative estimate of drug-likeness (QED) is 0.491. The first-order valence-corrected chi connectivity index (χ1v) is 9.88. The molecular formula is C25H16FNO3. The van der Waals surface area contributed by atoms with Crippen LogP contribution in [0.15, 0.2) is 72.8 Å². The first-order valence-electron chi connectivity index (χ1n) is 9.88. The number of nitrogens with zero attached hydrogens (tertiary/aromatic N) is 1. The topological polar surface area (TPSA) is 54.5 Å². The molecule has 1 fully saturated rings. The molecule has 30 heavy (non-hydrogen) atoms. The summed E-state index contributed by atoms with van der Waals surface area (Å²) in [6.07, 6.45) is 0.813. The van der Waals surface area contributed by atoms with E-state index in [-0.39, 0.29) is 11.6 Å². The van der Waals surface area contributed by atoms with Gasteiger partial charge in [0, 0.05) is 5.92 Å². The average Bonchev–Trinajstić information content (AvgIpc) is 3.05. The van der Waals surface area contributed by atoms with Gasteiger partial charge in [-0.25, -0.2) is 9.29 Å². The van der Waals surface area contributed by atoms with Crippen molar-refractivity contribution in [3.8, 4) is 0 Å². The van der Waals surface area contributed by atoms with Gasteiger partial charge in [-0.15, -0.1) is 0 Å². The van der Waals surface area contributed by atoms with E-state index in [4.69, 9.17) is 0 Å². The van der Waals surface area contributed by atoms with Gasteiger partial charge in [-0.3, -0.25) is 9.59 Å². The van der Waals surface area contributed by atoms with Crippen molar-refractivity contribution in [3.05, 3.63) is 101 Å². The molecule has 0 saturated carbocycles. The van der Waals surface area contributed by atoms with E-state index < -0.39 is 34.9 Å². The monoisotopic (exact) mass is 397 g/mol. The molecular weight excluding hydrogens is 381 g/mol. The highest BCUT2D eigenvalue weighted by Crippen LogP contribution is 2.63. The zero-order chi connectivity index (χ0) is 20.6. The summed E-state index contributed by atoms with van der Waals surface area (Å²) in [5.74, 6) is -3.59. The van der Waals surface area contributed by atoms with E-state index in [1.807, 2.05) is 48.5 Å². The van der Waals surface area contributed by atoms with E-state index in [2.05, 4.69) is 0 Å². The van der Waals surface area contributed by atoms with E-state index >= 15 is 0 Å². The van der Waals surface area contributed by atoms with Crippen molar-refractivity contribution >= 4 is 23.8 Å². The molecule has 146 valence electrons. The second kappa shape index (κ2) is 5.72. The maximum Gasteiger partial charge on any atom is 0.239 e. The van der Waals surface area contributed by atoms with Crippen molar-refractivity contribution in [2.45, 2.75) is 11.3 Å². The Morgan fingerprint density at radius 3 is 1.97 bits per heavy atom. The van der Waals surface area contributed by atoms with Crippen LogP contribution in [0.1, 0.15) is 28.2 Å². The number of halogens is 1. The van der Waals surface area contributed by atoms with Crippen LogP contribution in [0.5, 0.6) is 0 Å². The maximum atomic E-state index is 14.6. The molecule has 0 N–H and O–H groups in total. The summed E-state index contributed by atoms with van der Waals surface area (Å²) >= 11 is 0. The van der Waals surface area contributed by atoms with Gasteiger partial charge in [0.15, 0.2) is 0 Å². The summed E-state index contributed by atoms with van der Waals surface area (Å²) in [5, 5.41) is 0. The largest absolute Gasteiger partial charge is 0.302 e. The van der Waals surface area contributed by atoms with Crippen molar-refractivity contribution < 1.29 is 18.8 Å². The molecule has 1 aliphatic heterocycles. The van der Waals surface area contributed by atoms with Crippen LogP contribution in [0.3, 0.4) is 0 Å². The van der Waals surface area contributed by atoms with E-state index in [1.54, 1.807) is 6.07 Å². The van der Waals surface area contributed by atoms with Crippen molar-refractivity contribution in [1.82, 2.24) is 0 Å². The van der Waals surface area contributed by atoms with Crippen molar-refractivity contribution in [1.29, 1.82) is 0 Å². The molecule has 1 saturated heterocycles. The number of imide groups is 1. The molecule has 3 aliphatic carbocycles. The van der Waals surface area contributed by atoms with Crippen LogP contribution in [0.25, 0.3) is 0 Å². The number of hydrogen-bond donors (Lipinski definition) is 0. The summed E-state index contributed by atoms with van der Waals surface area (Å²) in [6.45, 7) is 0. The van der Waals surface area contributed by atoms with E-state index in [0.717, 1.165) is 33.4 Å². The van der Waals surface area contributed by atoms with Crippen molar-refractivity contribution in [2.75, 3.05) is 4.90 Å². The molecule has 4 aliphatic rings. The Labute approximate surface area is 171 Å². The second-order valence-corrected chi connectivity index (χ2v) is 8.11. The van der Waals surface area contributed by atoms with Crippen molar-refractivity contribution in [3.63, 3.8) is 0 Å². The lowest BCUT2D eigenvalue weighted by atomic mass is 9.48. The molecule has 2 atom stereocenters. The Hall–Kier alpha value is -3.60. The Morgan fingerprint density at radius 2 is 1.37 bits per heavy atom. The van der Waals surface area contributed by atoms with Crippen LogP contribution in [0.2, 0.25) is 0 Å². The zero-order valence-corrected chi connectivity index (χ0v) is 15.8. The summed E-state index contributed by atoms with van der Waals surface area (Å²) in [5.41, 5.74) is 1.99. The summed E-state index contributed by atoms with van der Waals surface area (Å²) in [6, 6.07) is 20.8. The van der Waals surface area contributed by atoms with Crippen LogP contribution in [0.4, 0.5) is 10.1 Å². The van der Waals surface area contributed by atoms with Gasteiger partial charge in [0.05, 0.1) is 22.9 Å². The molecule has 4 nitrogen and oxygen atoms in total. The summed E-state index contributed by atoms with van der Waals surface area (Å²) in [7, 11) is 0. The number of rotatable bonds is 2. The molecule has 1 heterocycles. The van der Waals surface area contributed by atoms with Crippen LogP contribution in [-0.4, -0.2) is 18.1 Å². The predicted octanol–water partition coefficient (Wildman–Crippen LogP) is 3.58. The summed E-state index contributed by atoms with van der Waals surface area (Å²) < 4.78 is 14.6. The Bertz CT molecular complexity index is 1220. The SMILES string of the molecule is O=CC12c3ccccc3C(c3ccccc31)[C@@H]1C(=O)N(c3ccccc3F)C(=O)[C@H]12. The Kier molecular flexibility index (Phi) is 3.30. The first-order chi connectivity index (χ1) is 14.6. The Balaban J connectivity index is 1.67. The molecule has 2 bridgehead atoms. The first kappa shape index (κ1) is 17.3. The minimum atomic E-state index is -1.26. The summed E-state index contributed by atoms with van der Waals surface area (Å²) in [4.78, 5) is 41.0. The normalized spacial score (nSPS) is 28.2. The molecule has 0 unspecified atom stereocenters.